The van der Waals surface area contributed by atoms with Crippen LogP contribution in [-0.4, -0.2) is 23.2 Å². The van der Waals surface area contributed by atoms with Crippen molar-refractivity contribution in [3.63, 3.8) is 0 Å². The van der Waals surface area contributed by atoms with Crippen LogP contribution in [-0.2, 0) is 0 Å². The average Bonchev–Trinajstić information content (AvgIpc) is 2.38. The van der Waals surface area contributed by atoms with Crippen LogP contribution < -0.4 is 9.47 Å². The van der Waals surface area contributed by atoms with E-state index in [0.29, 0.717) is 6.01 Å². The van der Waals surface area contributed by atoms with Crippen molar-refractivity contribution in [1.82, 2.24) is 9.97 Å². The number of aromatic nitrogens is 2. The van der Waals surface area contributed by atoms with Crippen LogP contribution in [0.15, 0.2) is 30.3 Å². The summed E-state index contributed by atoms with van der Waals surface area (Å²) in [7, 11) is 1.57. The highest BCUT2D eigenvalue weighted by atomic mass is 16.5. The van der Waals surface area contributed by atoms with E-state index in [1.165, 1.54) is 0 Å². The van der Waals surface area contributed by atoms with Gasteiger partial charge in [0.15, 0.2) is 0 Å². The maximum absolute atomic E-state index is 5.62. The molecule has 4 heteroatoms. The molecule has 0 spiro atoms. The fourth-order valence-corrected chi connectivity index (χ4v) is 1.76. The van der Waals surface area contributed by atoms with Crippen molar-refractivity contribution in [2.24, 2.45) is 0 Å². The normalized spacial score (nSPS) is 10.6. The zero-order chi connectivity index (χ0) is 13.8. The molecule has 4 nitrogen and oxygen atoms in total. The highest BCUT2D eigenvalue weighted by molar-refractivity contribution is 5.60. The van der Waals surface area contributed by atoms with Gasteiger partial charge in [-0.2, -0.15) is 4.98 Å². The number of hydrogen-bond donors (Lipinski definition) is 0. The summed E-state index contributed by atoms with van der Waals surface area (Å²) in [5.74, 6) is 0.858. The third-order valence-electron chi connectivity index (χ3n) is 2.54. The fraction of sp³-hybridized carbons (Fsp3) is 0.333. The average molecular weight is 258 g/mol. The maximum atomic E-state index is 5.62. The highest BCUT2D eigenvalue weighted by Crippen LogP contribution is 2.23. The Morgan fingerprint density at radius 3 is 2.32 bits per heavy atom. The van der Waals surface area contributed by atoms with Crippen LogP contribution >= 0.6 is 0 Å². The number of rotatable bonds is 4. The summed E-state index contributed by atoms with van der Waals surface area (Å²) in [6.45, 7) is 5.93. The molecule has 0 saturated heterocycles. The minimum absolute atomic E-state index is 0.173. The number of hydrogen-bond acceptors (Lipinski definition) is 4. The van der Waals surface area contributed by atoms with Crippen LogP contribution in [0.1, 0.15) is 19.5 Å². The van der Waals surface area contributed by atoms with Gasteiger partial charge in [0.2, 0.25) is 0 Å². The quantitative estimate of drug-likeness (QED) is 0.844. The molecule has 0 aliphatic rings. The Balaban J connectivity index is 2.29. The minimum atomic E-state index is 0.173. The van der Waals surface area contributed by atoms with E-state index in [9.17, 15) is 0 Å². The van der Waals surface area contributed by atoms with E-state index in [2.05, 4.69) is 9.97 Å². The molecule has 0 bridgehead atoms. The molecule has 1 aromatic carbocycles. The van der Waals surface area contributed by atoms with E-state index >= 15 is 0 Å². The summed E-state index contributed by atoms with van der Waals surface area (Å²) in [5.41, 5.74) is 2.74. The van der Waals surface area contributed by atoms with Gasteiger partial charge in [-0.05, 0) is 51.1 Å². The van der Waals surface area contributed by atoms with Gasteiger partial charge in [0.05, 0.1) is 18.9 Å². The predicted octanol–water partition coefficient (Wildman–Crippen LogP) is 3.25. The summed E-state index contributed by atoms with van der Waals surface area (Å²) in [6, 6.07) is 10.2. The summed E-state index contributed by atoms with van der Waals surface area (Å²) in [4.78, 5) is 8.52. The largest absolute Gasteiger partial charge is 0.491 e. The number of aryl methyl sites for hydroxylation is 1. The Hall–Kier alpha value is -2.10. The lowest BCUT2D eigenvalue weighted by molar-refractivity contribution is 0.242. The van der Waals surface area contributed by atoms with Crippen molar-refractivity contribution >= 4 is 0 Å². The van der Waals surface area contributed by atoms with Crippen molar-refractivity contribution in [1.29, 1.82) is 0 Å². The van der Waals surface area contributed by atoms with Crippen LogP contribution in [0.2, 0.25) is 0 Å². The Morgan fingerprint density at radius 2 is 1.74 bits per heavy atom. The second-order valence-corrected chi connectivity index (χ2v) is 4.57. The molecule has 1 heterocycles. The van der Waals surface area contributed by atoms with Gasteiger partial charge in [-0.25, -0.2) is 4.98 Å². The Morgan fingerprint density at radius 1 is 1.05 bits per heavy atom. The van der Waals surface area contributed by atoms with E-state index in [-0.39, 0.29) is 6.10 Å². The second kappa shape index (κ2) is 5.69. The summed E-state index contributed by atoms with van der Waals surface area (Å²) < 4.78 is 10.7. The molecule has 19 heavy (non-hydrogen) atoms. The summed E-state index contributed by atoms with van der Waals surface area (Å²) >= 11 is 0. The first-order chi connectivity index (χ1) is 9.08. The van der Waals surface area contributed by atoms with Gasteiger partial charge in [0.1, 0.15) is 5.75 Å². The SMILES string of the molecule is COc1nc(C)cc(-c2ccc(OC(C)C)cc2)n1. The Bertz CT molecular complexity index is 551. The number of benzene rings is 1. The maximum Gasteiger partial charge on any atom is 0.316 e. The Labute approximate surface area is 113 Å². The lowest BCUT2D eigenvalue weighted by Crippen LogP contribution is -2.05. The van der Waals surface area contributed by atoms with Crippen LogP contribution in [0.3, 0.4) is 0 Å². The monoisotopic (exact) mass is 258 g/mol. The lowest BCUT2D eigenvalue weighted by atomic mass is 10.1. The predicted molar refractivity (Wildman–Crippen MR) is 74.5 cm³/mol. The van der Waals surface area contributed by atoms with Gasteiger partial charge in [-0.15, -0.1) is 0 Å². The van der Waals surface area contributed by atoms with Crippen LogP contribution in [0.5, 0.6) is 11.8 Å². The molecule has 1 aromatic heterocycles. The zero-order valence-corrected chi connectivity index (χ0v) is 11.7. The topological polar surface area (TPSA) is 44.2 Å². The third kappa shape index (κ3) is 3.44. The number of nitrogens with zero attached hydrogens (tertiary/aromatic N) is 2. The zero-order valence-electron chi connectivity index (χ0n) is 11.7. The number of ether oxygens (including phenoxy) is 2. The van der Waals surface area contributed by atoms with E-state index in [0.717, 1.165) is 22.7 Å². The van der Waals surface area contributed by atoms with Gasteiger partial charge in [-0.3, -0.25) is 0 Å². The van der Waals surface area contributed by atoms with E-state index in [1.54, 1.807) is 7.11 Å². The van der Waals surface area contributed by atoms with Gasteiger partial charge >= 0.3 is 6.01 Å². The smallest absolute Gasteiger partial charge is 0.316 e. The fourth-order valence-electron chi connectivity index (χ4n) is 1.76. The molecule has 0 fully saturated rings. The van der Waals surface area contributed by atoms with Gasteiger partial charge < -0.3 is 9.47 Å². The van der Waals surface area contributed by atoms with Gasteiger partial charge in [-0.1, -0.05) is 0 Å². The molecule has 0 amide bonds. The molecule has 0 atom stereocenters. The second-order valence-electron chi connectivity index (χ2n) is 4.57. The first-order valence-corrected chi connectivity index (χ1v) is 6.25. The molecule has 0 aliphatic heterocycles. The molecule has 2 aromatic rings. The Kier molecular flexibility index (Phi) is 4.00. The molecular formula is C15H18N2O2. The van der Waals surface area contributed by atoms with E-state index in [1.807, 2.05) is 51.1 Å². The minimum Gasteiger partial charge on any atom is -0.491 e. The molecule has 0 unspecified atom stereocenters. The molecule has 0 aliphatic carbocycles. The lowest BCUT2D eigenvalue weighted by Gasteiger charge is -2.10. The first-order valence-electron chi connectivity index (χ1n) is 6.25. The van der Waals surface area contributed by atoms with Crippen molar-refractivity contribution in [3.05, 3.63) is 36.0 Å². The van der Waals surface area contributed by atoms with Crippen molar-refractivity contribution in [3.8, 4) is 23.0 Å². The molecule has 0 radical (unpaired) electrons. The molecule has 100 valence electrons. The standard InChI is InChI=1S/C15H18N2O2/c1-10(2)19-13-7-5-12(6-8-13)14-9-11(3)16-15(17-14)18-4/h5-10H,1-4H3. The molecule has 0 N–H and O–H groups in total. The van der Waals surface area contributed by atoms with Crippen molar-refractivity contribution < 1.29 is 9.47 Å². The van der Waals surface area contributed by atoms with E-state index in [4.69, 9.17) is 9.47 Å². The molecule has 0 saturated carbocycles. The van der Waals surface area contributed by atoms with Crippen LogP contribution in [0, 0.1) is 6.92 Å². The summed E-state index contributed by atoms with van der Waals surface area (Å²) in [6.07, 6.45) is 0.173. The summed E-state index contributed by atoms with van der Waals surface area (Å²) in [5, 5.41) is 0. The molecule has 2 rings (SSSR count). The van der Waals surface area contributed by atoms with E-state index < -0.39 is 0 Å². The van der Waals surface area contributed by atoms with Crippen molar-refractivity contribution in [2.75, 3.05) is 7.11 Å². The highest BCUT2D eigenvalue weighted by Gasteiger charge is 2.05. The first kappa shape index (κ1) is 13.3. The van der Waals surface area contributed by atoms with Crippen molar-refractivity contribution in [2.45, 2.75) is 26.9 Å². The van der Waals surface area contributed by atoms with Gasteiger partial charge in [0.25, 0.3) is 0 Å². The van der Waals surface area contributed by atoms with Crippen LogP contribution in [0.4, 0.5) is 0 Å². The molecular weight excluding hydrogens is 240 g/mol. The van der Waals surface area contributed by atoms with Gasteiger partial charge in [0, 0.05) is 11.3 Å². The third-order valence-corrected chi connectivity index (χ3v) is 2.54. The van der Waals surface area contributed by atoms with Crippen LogP contribution in [0.25, 0.3) is 11.3 Å². The number of methoxy groups -OCH3 is 1.